The van der Waals surface area contributed by atoms with Crippen LogP contribution in [0.5, 0.6) is 5.75 Å². The van der Waals surface area contributed by atoms with Crippen molar-refractivity contribution in [2.45, 2.75) is 25.7 Å². The van der Waals surface area contributed by atoms with Crippen molar-refractivity contribution in [3.63, 3.8) is 0 Å². The zero-order chi connectivity index (χ0) is 33.7. The van der Waals surface area contributed by atoms with Crippen LogP contribution in [0.15, 0.2) is 98.1 Å². The maximum Gasteiger partial charge on any atom is 0.296 e. The van der Waals surface area contributed by atoms with Crippen LogP contribution in [0.4, 0.5) is 28.4 Å². The molecule has 2 radical (unpaired) electrons. The van der Waals surface area contributed by atoms with E-state index in [2.05, 4.69) is 20.5 Å². The maximum absolute atomic E-state index is 11.6. The van der Waals surface area contributed by atoms with E-state index in [1.54, 1.807) is 57.4 Å². The highest BCUT2D eigenvalue weighted by atomic mass is 32.2. The predicted molar refractivity (Wildman–Crippen MR) is 174 cm³/mol. The smallest absolute Gasteiger partial charge is 0.296 e. The molecule has 0 aliphatic heterocycles. The van der Waals surface area contributed by atoms with Crippen molar-refractivity contribution >= 4 is 67.4 Å². The molecule has 0 aliphatic rings. The summed E-state index contributed by atoms with van der Waals surface area (Å²) in [6, 6.07) is 20.0. The number of anilines is 1. The second-order valence-corrected chi connectivity index (χ2v) is 11.7. The van der Waals surface area contributed by atoms with E-state index in [1.165, 1.54) is 23.0 Å². The van der Waals surface area contributed by atoms with Gasteiger partial charge in [-0.2, -0.15) is 21.9 Å². The number of hydrogen-bond donors (Lipinski definition) is 4. The molecule has 0 fully saturated rings. The van der Waals surface area contributed by atoms with Gasteiger partial charge in [-0.3, -0.25) is 9.11 Å². The fourth-order valence-electron chi connectivity index (χ4n) is 3.30. The molecular weight excluding hydrogens is 607 g/mol. The van der Waals surface area contributed by atoms with E-state index in [0.29, 0.717) is 34.0 Å². The van der Waals surface area contributed by atoms with Crippen molar-refractivity contribution in [2.75, 3.05) is 26.1 Å². The molecule has 0 unspecified atom stereocenters. The average Bonchev–Trinajstić information content (AvgIpc) is 2.92. The summed E-state index contributed by atoms with van der Waals surface area (Å²) in [6.45, 7) is 5.72. The average molecular weight is 643 g/mol. The first-order valence-corrected chi connectivity index (χ1v) is 16.1. The highest BCUT2D eigenvalue weighted by Gasteiger charge is 2.17. The minimum absolute atomic E-state index is 0.0720. The van der Waals surface area contributed by atoms with E-state index in [4.69, 9.17) is 18.3 Å². The van der Waals surface area contributed by atoms with Crippen LogP contribution in [0.25, 0.3) is 10.8 Å². The number of phenols is 1. The Morgan fingerprint density at radius 1 is 0.795 bits per heavy atom. The van der Waals surface area contributed by atoms with Gasteiger partial charge in [0.15, 0.2) is 13.7 Å². The summed E-state index contributed by atoms with van der Waals surface area (Å²) >= 11 is 0. The Hall–Kier alpha value is -4.22. The monoisotopic (exact) mass is 642 g/mol. The number of benzene rings is 4. The Bertz CT molecular complexity index is 1810. The molecular formula is C28H35BN6O7S2. The van der Waals surface area contributed by atoms with Gasteiger partial charge in [-0.05, 0) is 68.4 Å². The van der Waals surface area contributed by atoms with Crippen LogP contribution in [0.2, 0.25) is 0 Å². The van der Waals surface area contributed by atoms with Crippen molar-refractivity contribution in [3.05, 3.63) is 78.4 Å². The molecule has 4 aromatic carbocycles. The molecule has 16 heteroatoms. The fourth-order valence-corrected chi connectivity index (χ4v) is 3.92. The molecule has 234 valence electrons. The molecule has 13 nitrogen and oxygen atoms in total. The summed E-state index contributed by atoms with van der Waals surface area (Å²) in [4.78, 5) is 1.11. The number of nitrogens with two attached hydrogens (primary N) is 1. The first-order chi connectivity index (χ1) is 20.5. The zero-order valence-corrected chi connectivity index (χ0v) is 26.7. The molecule has 4 rings (SSSR count). The summed E-state index contributed by atoms with van der Waals surface area (Å²) in [7, 11) is 0.340. The van der Waals surface area contributed by atoms with E-state index in [0.717, 1.165) is 0 Å². The maximum atomic E-state index is 11.6. The van der Waals surface area contributed by atoms with E-state index in [9.17, 15) is 26.5 Å². The molecule has 0 atom stereocenters. The third-order valence-corrected chi connectivity index (χ3v) is 5.79. The number of azo groups is 2. The first-order valence-electron chi connectivity index (χ1n) is 12.8. The van der Waals surface area contributed by atoms with E-state index >= 15 is 0 Å². The van der Waals surface area contributed by atoms with Crippen LogP contribution >= 0.6 is 0 Å². The van der Waals surface area contributed by atoms with Crippen molar-refractivity contribution in [1.29, 1.82) is 0 Å². The number of hydrogen-bond acceptors (Lipinski definition) is 11. The van der Waals surface area contributed by atoms with Crippen molar-refractivity contribution in [3.8, 4) is 5.75 Å². The van der Waals surface area contributed by atoms with Crippen LogP contribution in [0, 0.1) is 6.92 Å². The minimum atomic E-state index is -4.49. The number of phenolic OH excluding ortho intramolecular Hbond substituents is 1. The summed E-state index contributed by atoms with van der Waals surface area (Å²) in [6.07, 6.45) is 0.715. The minimum Gasteiger partial charge on any atom is -0.505 e. The fraction of sp³-hybridized carbons (Fsp3) is 0.214. The third kappa shape index (κ3) is 12.6. The topological polar surface area (TPSA) is 208 Å². The molecule has 0 spiro atoms. The Labute approximate surface area is 259 Å². The van der Waals surface area contributed by atoms with Gasteiger partial charge in [0.2, 0.25) is 0 Å². The van der Waals surface area contributed by atoms with Crippen LogP contribution in [-0.4, -0.2) is 64.2 Å². The molecule has 0 aliphatic carbocycles. The lowest BCUT2D eigenvalue weighted by Crippen LogP contribution is -2.02. The number of fused-ring (bicyclic) bond motifs is 1. The molecule has 0 aromatic heterocycles. The molecule has 44 heavy (non-hydrogen) atoms. The summed E-state index contributed by atoms with van der Waals surface area (Å²) in [5.74, 6) is -0.229. The predicted octanol–water partition coefficient (Wildman–Crippen LogP) is 6.68. The standard InChI is InChI=1S/C23H19N5O4S.C2H6BN.C2H6.CH4O3S/c1-14-13-15-11-12-18(27-25-16-7-3-2-4-8-16)21(24)20(15)23(29)22(14)28-26-17-9-5-6-10-19(17)33(30,31)32;1-4(2)3;1-2;1-5(2,3)4/h2-13,29H,24H2,1H3,(H,30,31,32);1-2H3;1-2H3;1H3,(H,2,3,4). The van der Waals surface area contributed by atoms with Gasteiger partial charge in [-0.25, -0.2) is 0 Å². The van der Waals surface area contributed by atoms with Gasteiger partial charge < -0.3 is 15.7 Å². The third-order valence-electron chi connectivity index (χ3n) is 4.89. The lowest BCUT2D eigenvalue weighted by atomic mass is 10.0. The van der Waals surface area contributed by atoms with Crippen LogP contribution < -0.4 is 5.73 Å². The highest BCUT2D eigenvalue weighted by molar-refractivity contribution is 7.86. The quantitative estimate of drug-likeness (QED) is 0.0791. The van der Waals surface area contributed by atoms with Crippen molar-refractivity contribution in [2.24, 2.45) is 20.5 Å². The Kier molecular flexibility index (Phi) is 14.8. The van der Waals surface area contributed by atoms with Gasteiger partial charge in [0.05, 0.1) is 23.0 Å². The normalized spacial score (nSPS) is 11.4. The van der Waals surface area contributed by atoms with Gasteiger partial charge in [0.25, 0.3) is 20.2 Å². The Morgan fingerprint density at radius 3 is 1.84 bits per heavy atom. The number of rotatable bonds is 5. The van der Waals surface area contributed by atoms with Crippen LogP contribution in [0.3, 0.4) is 0 Å². The van der Waals surface area contributed by atoms with Gasteiger partial charge in [0.1, 0.15) is 22.0 Å². The lowest BCUT2D eigenvalue weighted by molar-refractivity contribution is 0.482. The molecule has 0 saturated carbocycles. The largest absolute Gasteiger partial charge is 0.505 e. The van der Waals surface area contributed by atoms with E-state index in [-0.39, 0.29) is 22.8 Å². The Balaban J connectivity index is 0.000000764. The molecule has 0 amide bonds. The first kappa shape index (κ1) is 37.8. The van der Waals surface area contributed by atoms with Gasteiger partial charge in [0, 0.05) is 0 Å². The Morgan fingerprint density at radius 2 is 1.30 bits per heavy atom. The van der Waals surface area contributed by atoms with Crippen LogP contribution in [-0.2, 0) is 20.2 Å². The second kappa shape index (κ2) is 17.2. The van der Waals surface area contributed by atoms with Gasteiger partial charge >= 0.3 is 0 Å². The summed E-state index contributed by atoms with van der Waals surface area (Å²) in [5, 5.41) is 28.3. The molecule has 0 bridgehead atoms. The SMILES string of the molecule is CC.CS(=O)(=O)O.Cc1cc2ccc(N=Nc3ccccc3)c(N)c2c(O)c1N=Nc1ccccc1S(=O)(=O)O.[B]N(C)C. The number of nitrogen functional groups attached to an aromatic ring is 1. The van der Waals surface area contributed by atoms with Gasteiger partial charge in [-0.15, -0.1) is 15.3 Å². The highest BCUT2D eigenvalue weighted by Crippen LogP contribution is 2.44. The van der Waals surface area contributed by atoms with E-state index < -0.39 is 25.1 Å². The van der Waals surface area contributed by atoms with Gasteiger partial charge in [-0.1, -0.05) is 50.2 Å². The number of aromatic hydroxyl groups is 1. The lowest BCUT2D eigenvalue weighted by Gasteiger charge is -2.11. The second-order valence-electron chi connectivity index (χ2n) is 8.86. The molecule has 0 saturated heterocycles. The van der Waals surface area contributed by atoms with Crippen molar-refractivity contribution in [1.82, 2.24) is 4.81 Å². The van der Waals surface area contributed by atoms with Crippen LogP contribution in [0.1, 0.15) is 19.4 Å². The zero-order valence-electron chi connectivity index (χ0n) is 25.1. The molecule has 5 N–H and O–H groups in total. The summed E-state index contributed by atoms with van der Waals surface area (Å²) < 4.78 is 58.4. The summed E-state index contributed by atoms with van der Waals surface area (Å²) in [5.41, 5.74) is 8.14. The molecule has 4 aromatic rings. The van der Waals surface area contributed by atoms with Crippen molar-refractivity contribution < 1.29 is 31.0 Å². The van der Waals surface area contributed by atoms with E-state index in [1.807, 2.05) is 32.0 Å². The number of nitrogens with zero attached hydrogens (tertiary/aromatic N) is 5. The molecule has 0 heterocycles. The number of aryl methyl sites for hydroxylation is 1.